The van der Waals surface area contributed by atoms with Gasteiger partial charge in [-0.25, -0.2) is 4.98 Å². The number of carbonyl (C=O) groups is 1. The molecule has 0 fully saturated rings. The van der Waals surface area contributed by atoms with Gasteiger partial charge >= 0.3 is 6.36 Å². The van der Waals surface area contributed by atoms with Gasteiger partial charge < -0.3 is 15.4 Å². The second kappa shape index (κ2) is 8.30. The molecule has 0 aliphatic carbocycles. The van der Waals surface area contributed by atoms with Crippen LogP contribution >= 0.6 is 15.9 Å². The summed E-state index contributed by atoms with van der Waals surface area (Å²) < 4.78 is 41.4. The second-order valence-electron chi connectivity index (χ2n) is 5.56. The Morgan fingerprint density at radius 3 is 2.43 bits per heavy atom. The van der Waals surface area contributed by atoms with E-state index < -0.39 is 6.36 Å². The molecule has 0 saturated carbocycles. The molecule has 28 heavy (non-hydrogen) atoms. The molecule has 5 nitrogen and oxygen atoms in total. The van der Waals surface area contributed by atoms with Crippen LogP contribution in [0.25, 0.3) is 0 Å². The van der Waals surface area contributed by atoms with Crippen molar-refractivity contribution in [3.8, 4) is 5.75 Å². The lowest BCUT2D eigenvalue weighted by molar-refractivity contribution is -0.274. The number of hydrogen-bond acceptors (Lipinski definition) is 4. The number of benzene rings is 2. The van der Waals surface area contributed by atoms with E-state index in [9.17, 15) is 18.0 Å². The number of carbonyl (C=O) groups excluding carboxylic acids is 1. The van der Waals surface area contributed by atoms with Crippen LogP contribution in [0, 0.1) is 0 Å². The predicted octanol–water partition coefficient (Wildman–Crippen LogP) is 5.74. The number of halogens is 4. The summed E-state index contributed by atoms with van der Waals surface area (Å²) in [5.41, 5.74) is 1.32. The second-order valence-corrected chi connectivity index (χ2v) is 6.48. The van der Waals surface area contributed by atoms with Crippen molar-refractivity contribution in [2.75, 3.05) is 10.6 Å². The van der Waals surface area contributed by atoms with Gasteiger partial charge in [0.1, 0.15) is 11.6 Å². The first-order chi connectivity index (χ1) is 13.3. The molecule has 9 heteroatoms. The van der Waals surface area contributed by atoms with Gasteiger partial charge in [0.05, 0.1) is 5.56 Å². The molecule has 1 aromatic heterocycles. The molecule has 0 unspecified atom stereocenters. The third-order valence-electron chi connectivity index (χ3n) is 3.49. The number of nitrogens with zero attached hydrogens (tertiary/aromatic N) is 1. The van der Waals surface area contributed by atoms with E-state index in [2.05, 4.69) is 36.3 Å². The third-order valence-corrected chi connectivity index (χ3v) is 3.98. The van der Waals surface area contributed by atoms with Crippen molar-refractivity contribution < 1.29 is 22.7 Å². The summed E-state index contributed by atoms with van der Waals surface area (Å²) in [6, 6.07) is 15.4. The lowest BCUT2D eigenvalue weighted by Crippen LogP contribution is -2.17. The molecule has 2 aromatic carbocycles. The van der Waals surface area contributed by atoms with E-state index in [4.69, 9.17) is 0 Å². The molecule has 1 heterocycles. The molecule has 0 bridgehead atoms. The van der Waals surface area contributed by atoms with Crippen molar-refractivity contribution >= 4 is 39.0 Å². The van der Waals surface area contributed by atoms with Gasteiger partial charge in [-0.3, -0.25) is 4.79 Å². The summed E-state index contributed by atoms with van der Waals surface area (Å²) in [6.45, 7) is 0. The standard InChI is InChI=1S/C19H13BrF3N3O2/c20-12-3-1-4-14(11-12)26-18(27)16-5-2-10-24-17(16)25-13-6-8-15(9-7-13)28-19(21,22)23/h1-11H,(H,24,25)(H,26,27). The molecule has 0 aliphatic rings. The van der Waals surface area contributed by atoms with Crippen LogP contribution in [0.15, 0.2) is 71.3 Å². The molecule has 0 aliphatic heterocycles. The van der Waals surface area contributed by atoms with Gasteiger partial charge in [-0.15, -0.1) is 13.2 Å². The minimum Gasteiger partial charge on any atom is -0.406 e. The molecule has 0 atom stereocenters. The molecular weight excluding hydrogens is 439 g/mol. The minimum atomic E-state index is -4.76. The average Bonchev–Trinajstić information content (AvgIpc) is 2.62. The third kappa shape index (κ3) is 5.46. The van der Waals surface area contributed by atoms with Gasteiger partial charge in [-0.2, -0.15) is 0 Å². The van der Waals surface area contributed by atoms with Crippen LogP contribution in [0.3, 0.4) is 0 Å². The highest BCUT2D eigenvalue weighted by Crippen LogP contribution is 2.26. The van der Waals surface area contributed by atoms with Crippen LogP contribution < -0.4 is 15.4 Å². The average molecular weight is 452 g/mol. The Hall–Kier alpha value is -3.07. The lowest BCUT2D eigenvalue weighted by Gasteiger charge is -2.12. The topological polar surface area (TPSA) is 63.2 Å². The molecular formula is C19H13BrF3N3O2. The van der Waals surface area contributed by atoms with Crippen molar-refractivity contribution in [2.45, 2.75) is 6.36 Å². The van der Waals surface area contributed by atoms with E-state index in [1.807, 2.05) is 6.07 Å². The first-order valence-corrected chi connectivity index (χ1v) is 8.74. The van der Waals surface area contributed by atoms with Gasteiger partial charge in [0.25, 0.3) is 5.91 Å². The molecule has 1 amide bonds. The minimum absolute atomic E-state index is 0.263. The Kier molecular flexibility index (Phi) is 5.84. The van der Waals surface area contributed by atoms with E-state index in [1.54, 1.807) is 30.3 Å². The Bertz CT molecular complexity index is 979. The monoisotopic (exact) mass is 451 g/mol. The van der Waals surface area contributed by atoms with Crippen molar-refractivity contribution in [2.24, 2.45) is 0 Å². The summed E-state index contributed by atoms with van der Waals surface area (Å²) in [6.07, 6.45) is -3.26. The van der Waals surface area contributed by atoms with E-state index in [0.29, 0.717) is 11.4 Å². The van der Waals surface area contributed by atoms with Gasteiger partial charge in [-0.05, 0) is 54.6 Å². The fourth-order valence-corrected chi connectivity index (χ4v) is 2.73. The molecule has 3 rings (SSSR count). The summed E-state index contributed by atoms with van der Waals surface area (Å²) in [7, 11) is 0. The lowest BCUT2D eigenvalue weighted by atomic mass is 10.2. The normalized spacial score (nSPS) is 11.0. The summed E-state index contributed by atoms with van der Waals surface area (Å²) in [5.74, 6) is -0.461. The van der Waals surface area contributed by atoms with Crippen LogP contribution in [0.2, 0.25) is 0 Å². The maximum Gasteiger partial charge on any atom is 0.573 e. The molecule has 0 radical (unpaired) electrons. The number of ether oxygens (including phenoxy) is 1. The Morgan fingerprint density at radius 1 is 1.00 bits per heavy atom. The van der Waals surface area contributed by atoms with E-state index in [1.165, 1.54) is 30.5 Å². The van der Waals surface area contributed by atoms with Crippen LogP contribution in [-0.2, 0) is 0 Å². The number of anilines is 3. The first kappa shape index (κ1) is 19.7. The number of pyridine rings is 1. The van der Waals surface area contributed by atoms with E-state index in [-0.39, 0.29) is 23.0 Å². The van der Waals surface area contributed by atoms with Crippen LogP contribution in [-0.4, -0.2) is 17.3 Å². The maximum atomic E-state index is 12.6. The molecule has 144 valence electrons. The molecule has 2 N–H and O–H groups in total. The Labute approximate surface area is 166 Å². The molecule has 0 spiro atoms. The zero-order valence-corrected chi connectivity index (χ0v) is 15.7. The number of amides is 1. The number of hydrogen-bond donors (Lipinski definition) is 2. The highest BCUT2D eigenvalue weighted by atomic mass is 79.9. The van der Waals surface area contributed by atoms with Crippen molar-refractivity contribution in [3.63, 3.8) is 0 Å². The quantitative estimate of drug-likeness (QED) is 0.519. The zero-order chi connectivity index (χ0) is 20.1. The van der Waals surface area contributed by atoms with Crippen molar-refractivity contribution in [3.05, 3.63) is 76.9 Å². The van der Waals surface area contributed by atoms with Gasteiger partial charge in [0.2, 0.25) is 0 Å². The number of aromatic nitrogens is 1. The fourth-order valence-electron chi connectivity index (χ4n) is 2.33. The first-order valence-electron chi connectivity index (χ1n) is 7.95. The van der Waals surface area contributed by atoms with Crippen LogP contribution in [0.1, 0.15) is 10.4 Å². The summed E-state index contributed by atoms with van der Waals surface area (Å²) >= 11 is 3.33. The number of alkyl halides is 3. The Balaban J connectivity index is 1.76. The van der Waals surface area contributed by atoms with Crippen molar-refractivity contribution in [1.82, 2.24) is 4.98 Å². The van der Waals surface area contributed by atoms with Gasteiger partial charge in [-0.1, -0.05) is 22.0 Å². The molecule has 3 aromatic rings. The van der Waals surface area contributed by atoms with Gasteiger partial charge in [0, 0.05) is 22.0 Å². The number of nitrogens with one attached hydrogen (secondary N) is 2. The van der Waals surface area contributed by atoms with Gasteiger partial charge in [0.15, 0.2) is 0 Å². The van der Waals surface area contributed by atoms with Crippen molar-refractivity contribution in [1.29, 1.82) is 0 Å². The maximum absolute atomic E-state index is 12.6. The number of rotatable bonds is 5. The predicted molar refractivity (Wildman–Crippen MR) is 103 cm³/mol. The zero-order valence-electron chi connectivity index (χ0n) is 14.1. The highest BCUT2D eigenvalue weighted by Gasteiger charge is 2.30. The van der Waals surface area contributed by atoms with Crippen LogP contribution in [0.4, 0.5) is 30.4 Å². The largest absolute Gasteiger partial charge is 0.573 e. The smallest absolute Gasteiger partial charge is 0.406 e. The van der Waals surface area contributed by atoms with E-state index in [0.717, 1.165) is 4.47 Å². The summed E-state index contributed by atoms with van der Waals surface area (Å²) in [5, 5.41) is 5.69. The molecule has 0 saturated heterocycles. The SMILES string of the molecule is O=C(Nc1cccc(Br)c1)c1cccnc1Nc1ccc(OC(F)(F)F)cc1. The van der Waals surface area contributed by atoms with Crippen LogP contribution in [0.5, 0.6) is 5.75 Å². The summed E-state index contributed by atoms with van der Waals surface area (Å²) in [4.78, 5) is 16.7. The highest BCUT2D eigenvalue weighted by molar-refractivity contribution is 9.10. The Morgan fingerprint density at radius 2 is 1.75 bits per heavy atom. The van der Waals surface area contributed by atoms with E-state index >= 15 is 0 Å². The fraction of sp³-hybridized carbons (Fsp3) is 0.0526.